The van der Waals surface area contributed by atoms with Crippen LogP contribution in [0.4, 0.5) is 5.69 Å². The zero-order chi connectivity index (χ0) is 18.3. The number of carbonyl (C=O) groups excluding carboxylic acids is 2. The van der Waals surface area contributed by atoms with Crippen LogP contribution < -0.4 is 10.1 Å². The number of hydrogen-bond donors (Lipinski definition) is 1. The van der Waals surface area contributed by atoms with E-state index in [9.17, 15) is 9.59 Å². The average Bonchev–Trinajstić information content (AvgIpc) is 3.12. The van der Waals surface area contributed by atoms with Gasteiger partial charge in [0.1, 0.15) is 11.4 Å². The summed E-state index contributed by atoms with van der Waals surface area (Å²) in [6, 6.07) is 7.38. The number of hydrogen-bond acceptors (Lipinski definition) is 5. The lowest BCUT2D eigenvalue weighted by atomic mass is 9.89. The molecule has 1 atom stereocenters. The van der Waals surface area contributed by atoms with Crippen molar-refractivity contribution in [2.75, 3.05) is 25.0 Å². The number of para-hydroxylation sites is 1. The molecule has 3 heterocycles. The molecule has 7 heteroatoms. The van der Waals surface area contributed by atoms with Crippen LogP contribution >= 0.6 is 0 Å². The first-order valence-electron chi connectivity index (χ1n) is 8.78. The average molecular weight is 354 g/mol. The molecule has 1 spiro atoms. The summed E-state index contributed by atoms with van der Waals surface area (Å²) in [5.41, 5.74) is 1.77. The second-order valence-corrected chi connectivity index (χ2v) is 7.16. The Labute approximate surface area is 151 Å². The summed E-state index contributed by atoms with van der Waals surface area (Å²) < 4.78 is 7.92. The van der Waals surface area contributed by atoms with E-state index in [1.54, 1.807) is 16.9 Å². The number of ether oxygens (including phenoxy) is 1. The first kappa shape index (κ1) is 16.8. The Morgan fingerprint density at radius 3 is 2.96 bits per heavy atom. The predicted octanol–water partition coefficient (Wildman–Crippen LogP) is 1.78. The van der Waals surface area contributed by atoms with Gasteiger partial charge in [-0.1, -0.05) is 12.1 Å². The minimum absolute atomic E-state index is 0.0827. The Kier molecular flexibility index (Phi) is 4.03. The van der Waals surface area contributed by atoms with Crippen molar-refractivity contribution in [1.29, 1.82) is 0 Å². The third kappa shape index (κ3) is 2.99. The molecule has 0 saturated carbocycles. The first-order valence-corrected chi connectivity index (χ1v) is 8.78. The van der Waals surface area contributed by atoms with E-state index in [0.29, 0.717) is 24.3 Å². The second kappa shape index (κ2) is 6.25. The lowest BCUT2D eigenvalue weighted by Crippen LogP contribution is -2.45. The molecule has 1 fully saturated rings. The molecule has 2 aromatic rings. The summed E-state index contributed by atoms with van der Waals surface area (Å²) in [7, 11) is 1.84. The molecule has 0 unspecified atom stereocenters. The molecule has 136 valence electrons. The number of amides is 1. The quantitative estimate of drug-likeness (QED) is 0.909. The zero-order valence-corrected chi connectivity index (χ0v) is 15.0. The summed E-state index contributed by atoms with van der Waals surface area (Å²) in [6.07, 6.45) is 2.76. The fraction of sp³-hybridized carbons (Fsp3) is 0.421. The highest BCUT2D eigenvalue weighted by Crippen LogP contribution is 2.38. The van der Waals surface area contributed by atoms with Crippen molar-refractivity contribution >= 4 is 17.4 Å². The van der Waals surface area contributed by atoms with Crippen molar-refractivity contribution in [1.82, 2.24) is 14.7 Å². The zero-order valence-electron chi connectivity index (χ0n) is 15.0. The normalized spacial score (nSPS) is 22.3. The van der Waals surface area contributed by atoms with Crippen LogP contribution in [-0.4, -0.2) is 51.6 Å². The van der Waals surface area contributed by atoms with E-state index in [4.69, 9.17) is 4.74 Å². The lowest BCUT2D eigenvalue weighted by molar-refractivity contribution is -0.117. The number of nitrogens with one attached hydrogen (secondary N) is 1. The number of anilines is 1. The number of fused-ring (bicyclic) bond motifs is 1. The number of carbonyl (C=O) groups is 2. The molecule has 1 aromatic carbocycles. The Balaban J connectivity index is 1.40. The molecular weight excluding hydrogens is 332 g/mol. The lowest BCUT2D eigenvalue weighted by Gasteiger charge is -2.34. The number of Topliss-reactive ketones (excluding diaryl/α,β-unsaturated/α-hetero) is 1. The Bertz CT molecular complexity index is 875. The number of likely N-dealkylation sites (tertiary alicyclic amines) is 1. The van der Waals surface area contributed by atoms with Crippen LogP contribution in [0.15, 0.2) is 30.5 Å². The molecule has 26 heavy (non-hydrogen) atoms. The standard InChI is InChI=1S/C19H22N4O3/c1-13-15(10-20-22(13)2)21-18(25)11-23-8-7-19(12-23)9-16(24)14-5-3-4-6-17(14)26-19/h3-6,10H,7-9,11-12H2,1-2H3,(H,21,25)/t19-/m1/s1. The van der Waals surface area contributed by atoms with Crippen molar-refractivity contribution < 1.29 is 14.3 Å². The fourth-order valence-electron chi connectivity index (χ4n) is 3.75. The van der Waals surface area contributed by atoms with Gasteiger partial charge in [0.05, 0.1) is 36.1 Å². The molecule has 1 N–H and O–H groups in total. The molecule has 0 aliphatic carbocycles. The third-order valence-corrected chi connectivity index (χ3v) is 5.27. The first-order chi connectivity index (χ1) is 12.5. The number of ketones is 1. The predicted molar refractivity (Wildman–Crippen MR) is 96.4 cm³/mol. The largest absolute Gasteiger partial charge is 0.485 e. The molecule has 0 radical (unpaired) electrons. The van der Waals surface area contributed by atoms with Gasteiger partial charge >= 0.3 is 0 Å². The van der Waals surface area contributed by atoms with Gasteiger partial charge in [-0.2, -0.15) is 5.10 Å². The van der Waals surface area contributed by atoms with Gasteiger partial charge in [0.15, 0.2) is 5.78 Å². The topological polar surface area (TPSA) is 76.5 Å². The van der Waals surface area contributed by atoms with Gasteiger partial charge in [0.2, 0.25) is 5.91 Å². The number of aryl methyl sites for hydroxylation is 1. The van der Waals surface area contributed by atoms with E-state index in [1.165, 1.54) is 0 Å². The van der Waals surface area contributed by atoms with E-state index < -0.39 is 5.60 Å². The summed E-state index contributed by atoms with van der Waals surface area (Å²) in [5, 5.41) is 7.03. The van der Waals surface area contributed by atoms with Crippen molar-refractivity contribution in [3.05, 3.63) is 41.7 Å². The summed E-state index contributed by atoms with van der Waals surface area (Å²) in [4.78, 5) is 26.9. The van der Waals surface area contributed by atoms with E-state index in [0.717, 1.165) is 24.3 Å². The maximum absolute atomic E-state index is 12.5. The fourth-order valence-corrected chi connectivity index (χ4v) is 3.75. The number of rotatable bonds is 3. The highest BCUT2D eigenvalue weighted by Gasteiger charge is 2.45. The summed E-state index contributed by atoms with van der Waals surface area (Å²) in [5.74, 6) is 0.686. The van der Waals surface area contributed by atoms with Crippen LogP contribution in [0.1, 0.15) is 28.9 Å². The molecule has 4 rings (SSSR count). The van der Waals surface area contributed by atoms with Crippen molar-refractivity contribution in [3.8, 4) is 5.75 Å². The third-order valence-electron chi connectivity index (χ3n) is 5.27. The van der Waals surface area contributed by atoms with Crippen molar-refractivity contribution in [2.45, 2.75) is 25.4 Å². The molecule has 0 bridgehead atoms. The molecule has 2 aliphatic rings. The number of nitrogens with zero attached hydrogens (tertiary/aromatic N) is 3. The molecule has 1 saturated heterocycles. The van der Waals surface area contributed by atoms with E-state index >= 15 is 0 Å². The number of aromatic nitrogens is 2. The van der Waals surface area contributed by atoms with Crippen LogP contribution in [0.2, 0.25) is 0 Å². The smallest absolute Gasteiger partial charge is 0.238 e. The van der Waals surface area contributed by atoms with Crippen LogP contribution in [0, 0.1) is 6.92 Å². The number of benzene rings is 1. The SMILES string of the molecule is Cc1c(NC(=O)CN2CC[C@@]3(CC(=O)c4ccccc4O3)C2)cnn1C. The Morgan fingerprint density at radius 2 is 2.19 bits per heavy atom. The maximum atomic E-state index is 12.5. The van der Waals surface area contributed by atoms with Gasteiger partial charge in [-0.15, -0.1) is 0 Å². The second-order valence-electron chi connectivity index (χ2n) is 7.16. The highest BCUT2D eigenvalue weighted by molar-refractivity contribution is 6.00. The minimum Gasteiger partial charge on any atom is -0.485 e. The van der Waals surface area contributed by atoms with Gasteiger partial charge in [-0.3, -0.25) is 19.2 Å². The van der Waals surface area contributed by atoms with Crippen molar-refractivity contribution in [3.63, 3.8) is 0 Å². The van der Waals surface area contributed by atoms with Gasteiger partial charge < -0.3 is 10.1 Å². The summed E-state index contributed by atoms with van der Waals surface area (Å²) in [6.45, 7) is 3.49. The van der Waals surface area contributed by atoms with Crippen LogP contribution in [-0.2, 0) is 11.8 Å². The van der Waals surface area contributed by atoms with Crippen LogP contribution in [0.25, 0.3) is 0 Å². The molecule has 7 nitrogen and oxygen atoms in total. The van der Waals surface area contributed by atoms with Gasteiger partial charge in [-0.25, -0.2) is 0 Å². The van der Waals surface area contributed by atoms with Crippen LogP contribution in [0.3, 0.4) is 0 Å². The van der Waals surface area contributed by atoms with Gasteiger partial charge in [0.25, 0.3) is 0 Å². The Hall–Kier alpha value is -2.67. The molecule has 1 aromatic heterocycles. The van der Waals surface area contributed by atoms with Crippen molar-refractivity contribution in [2.24, 2.45) is 7.05 Å². The molecular formula is C19H22N4O3. The molecule has 2 aliphatic heterocycles. The summed E-state index contributed by atoms with van der Waals surface area (Å²) >= 11 is 0. The Morgan fingerprint density at radius 1 is 1.38 bits per heavy atom. The van der Waals surface area contributed by atoms with E-state index in [2.05, 4.69) is 10.4 Å². The molecule has 1 amide bonds. The van der Waals surface area contributed by atoms with E-state index in [1.807, 2.05) is 37.1 Å². The monoisotopic (exact) mass is 354 g/mol. The van der Waals surface area contributed by atoms with E-state index in [-0.39, 0.29) is 18.2 Å². The van der Waals surface area contributed by atoms with Crippen LogP contribution in [0.5, 0.6) is 5.75 Å². The highest BCUT2D eigenvalue weighted by atomic mass is 16.5. The minimum atomic E-state index is -0.518. The van der Waals surface area contributed by atoms with Gasteiger partial charge in [0, 0.05) is 26.6 Å². The van der Waals surface area contributed by atoms with Gasteiger partial charge in [-0.05, 0) is 19.1 Å². The maximum Gasteiger partial charge on any atom is 0.238 e.